The summed E-state index contributed by atoms with van der Waals surface area (Å²) in [7, 11) is -3.64. The van der Waals surface area contributed by atoms with Crippen LogP contribution in [0.3, 0.4) is 0 Å². The van der Waals surface area contributed by atoms with Crippen LogP contribution in [0.15, 0.2) is 29.2 Å². The van der Waals surface area contributed by atoms with Gasteiger partial charge in [0.15, 0.2) is 0 Å². The summed E-state index contributed by atoms with van der Waals surface area (Å²) in [5.41, 5.74) is 0. The van der Waals surface area contributed by atoms with Crippen molar-refractivity contribution in [2.75, 3.05) is 6.54 Å². The van der Waals surface area contributed by atoms with Crippen LogP contribution in [0.1, 0.15) is 27.2 Å². The van der Waals surface area contributed by atoms with Gasteiger partial charge in [-0.3, -0.25) is 4.79 Å². The Balaban J connectivity index is 2.50. The third-order valence-corrected chi connectivity index (χ3v) is 4.83. The molecule has 1 unspecified atom stereocenters. The molecule has 118 valence electrons. The third kappa shape index (κ3) is 6.03. The van der Waals surface area contributed by atoms with Gasteiger partial charge in [-0.25, -0.2) is 13.1 Å². The number of halogens is 1. The Bertz CT molecular complexity index is 588. The largest absolute Gasteiger partial charge is 0.353 e. The van der Waals surface area contributed by atoms with E-state index in [1.807, 2.05) is 20.8 Å². The monoisotopic (exact) mass is 332 g/mol. The molecule has 0 bridgehead atoms. The summed E-state index contributed by atoms with van der Waals surface area (Å²) in [6, 6.07) is 6.04. The van der Waals surface area contributed by atoms with Crippen LogP contribution in [0.25, 0.3) is 0 Å². The average molecular weight is 333 g/mol. The van der Waals surface area contributed by atoms with Crippen LogP contribution in [0.2, 0.25) is 5.02 Å². The van der Waals surface area contributed by atoms with Crippen LogP contribution in [-0.2, 0) is 14.8 Å². The minimum atomic E-state index is -3.64. The molecular formula is C14H21ClN2O3S. The maximum atomic E-state index is 12.0. The fourth-order valence-electron chi connectivity index (χ4n) is 1.51. The molecule has 7 heteroatoms. The van der Waals surface area contributed by atoms with Crippen LogP contribution in [0.4, 0.5) is 0 Å². The van der Waals surface area contributed by atoms with E-state index in [1.54, 1.807) is 12.1 Å². The molecule has 0 fully saturated rings. The summed E-state index contributed by atoms with van der Waals surface area (Å²) < 4.78 is 26.4. The molecule has 0 heterocycles. The van der Waals surface area contributed by atoms with Crippen LogP contribution < -0.4 is 10.0 Å². The number of benzene rings is 1. The lowest BCUT2D eigenvalue weighted by Gasteiger charge is -2.17. The lowest BCUT2D eigenvalue weighted by atomic mass is 10.1. The fraction of sp³-hybridized carbons (Fsp3) is 0.500. The molecule has 1 atom stereocenters. The predicted molar refractivity (Wildman–Crippen MR) is 83.7 cm³/mol. The highest BCUT2D eigenvalue weighted by Gasteiger charge is 2.15. The van der Waals surface area contributed by atoms with Gasteiger partial charge in [-0.1, -0.05) is 31.5 Å². The Morgan fingerprint density at radius 1 is 1.29 bits per heavy atom. The summed E-state index contributed by atoms with van der Waals surface area (Å²) in [5.74, 6) is 0.155. The molecule has 21 heavy (non-hydrogen) atoms. The van der Waals surface area contributed by atoms with Gasteiger partial charge in [-0.2, -0.15) is 0 Å². The van der Waals surface area contributed by atoms with E-state index >= 15 is 0 Å². The van der Waals surface area contributed by atoms with Crippen molar-refractivity contribution in [2.24, 2.45) is 5.92 Å². The molecular weight excluding hydrogens is 312 g/mol. The fourth-order valence-corrected chi connectivity index (χ4v) is 2.84. The van der Waals surface area contributed by atoms with Crippen molar-refractivity contribution in [2.45, 2.75) is 38.1 Å². The van der Waals surface area contributed by atoms with Gasteiger partial charge in [0.2, 0.25) is 15.9 Å². The summed E-state index contributed by atoms with van der Waals surface area (Å²) in [4.78, 5) is 11.8. The van der Waals surface area contributed by atoms with Crippen molar-refractivity contribution in [1.29, 1.82) is 0 Å². The molecule has 1 amide bonds. The van der Waals surface area contributed by atoms with Gasteiger partial charge >= 0.3 is 0 Å². The SMILES string of the molecule is CC(C)C(C)NC(=O)CCNS(=O)(=O)c1cccc(Cl)c1. The van der Waals surface area contributed by atoms with E-state index in [2.05, 4.69) is 10.0 Å². The number of rotatable bonds is 7. The van der Waals surface area contributed by atoms with Crippen molar-refractivity contribution in [1.82, 2.24) is 10.0 Å². The number of hydrogen-bond acceptors (Lipinski definition) is 3. The van der Waals surface area contributed by atoms with Gasteiger partial charge < -0.3 is 5.32 Å². The molecule has 0 aliphatic heterocycles. The zero-order valence-electron chi connectivity index (χ0n) is 12.4. The van der Waals surface area contributed by atoms with Gasteiger partial charge in [0.05, 0.1) is 4.90 Å². The molecule has 1 rings (SSSR count). The Morgan fingerprint density at radius 3 is 2.52 bits per heavy atom. The predicted octanol–water partition coefficient (Wildman–Crippen LogP) is 2.17. The number of carbonyl (C=O) groups is 1. The first-order chi connectivity index (χ1) is 9.72. The topological polar surface area (TPSA) is 75.3 Å². The standard InChI is InChI=1S/C14H21ClN2O3S/c1-10(2)11(3)17-14(18)7-8-16-21(19,20)13-6-4-5-12(15)9-13/h4-6,9-11,16H,7-8H2,1-3H3,(H,17,18). The van der Waals surface area contributed by atoms with Crippen molar-refractivity contribution in [3.8, 4) is 0 Å². The number of amides is 1. The lowest BCUT2D eigenvalue weighted by molar-refractivity contribution is -0.121. The smallest absolute Gasteiger partial charge is 0.240 e. The first kappa shape index (κ1) is 17.9. The Morgan fingerprint density at radius 2 is 1.95 bits per heavy atom. The van der Waals surface area contributed by atoms with Gasteiger partial charge in [0.1, 0.15) is 0 Å². The van der Waals surface area contributed by atoms with Crippen LogP contribution in [0.5, 0.6) is 0 Å². The molecule has 5 nitrogen and oxygen atoms in total. The lowest BCUT2D eigenvalue weighted by Crippen LogP contribution is -2.38. The van der Waals surface area contributed by atoms with Crippen molar-refractivity contribution < 1.29 is 13.2 Å². The number of carbonyl (C=O) groups excluding carboxylic acids is 1. The van der Waals surface area contributed by atoms with E-state index in [-0.39, 0.29) is 29.8 Å². The molecule has 0 saturated carbocycles. The highest BCUT2D eigenvalue weighted by molar-refractivity contribution is 7.89. The Labute approximate surface area is 131 Å². The highest BCUT2D eigenvalue weighted by Crippen LogP contribution is 2.15. The Hall–Kier alpha value is -1.11. The van der Waals surface area contributed by atoms with Crippen molar-refractivity contribution in [3.63, 3.8) is 0 Å². The Kier molecular flexibility index (Phi) is 6.64. The van der Waals surface area contributed by atoms with Crippen LogP contribution >= 0.6 is 11.6 Å². The molecule has 0 saturated heterocycles. The molecule has 1 aromatic rings. The zero-order chi connectivity index (χ0) is 16.0. The summed E-state index contributed by atoms with van der Waals surface area (Å²) in [5, 5.41) is 3.17. The van der Waals surface area contributed by atoms with Crippen molar-refractivity contribution >= 4 is 27.5 Å². The molecule has 0 radical (unpaired) electrons. The minimum Gasteiger partial charge on any atom is -0.353 e. The van der Waals surface area contributed by atoms with E-state index in [9.17, 15) is 13.2 Å². The maximum Gasteiger partial charge on any atom is 0.240 e. The van der Waals surface area contributed by atoms with Gasteiger partial charge in [0, 0.05) is 24.0 Å². The first-order valence-electron chi connectivity index (χ1n) is 6.77. The summed E-state index contributed by atoms with van der Waals surface area (Å²) in [6.07, 6.45) is 0.0941. The van der Waals surface area contributed by atoms with E-state index in [0.717, 1.165) is 0 Å². The normalized spacial score (nSPS) is 13.2. The number of hydrogen-bond donors (Lipinski definition) is 2. The zero-order valence-corrected chi connectivity index (χ0v) is 14.0. The first-order valence-corrected chi connectivity index (χ1v) is 8.63. The van der Waals surface area contributed by atoms with E-state index in [1.165, 1.54) is 12.1 Å². The molecule has 0 aliphatic rings. The number of sulfonamides is 1. The average Bonchev–Trinajstić information content (AvgIpc) is 2.38. The maximum absolute atomic E-state index is 12.0. The van der Waals surface area contributed by atoms with E-state index in [0.29, 0.717) is 10.9 Å². The highest BCUT2D eigenvalue weighted by atomic mass is 35.5. The molecule has 0 aliphatic carbocycles. The van der Waals surface area contributed by atoms with Gasteiger partial charge in [-0.05, 0) is 31.0 Å². The molecule has 2 N–H and O–H groups in total. The second-order valence-corrected chi connectivity index (χ2v) is 7.41. The second kappa shape index (κ2) is 7.77. The molecule has 1 aromatic carbocycles. The molecule has 0 aromatic heterocycles. The van der Waals surface area contributed by atoms with Gasteiger partial charge in [0.25, 0.3) is 0 Å². The number of nitrogens with one attached hydrogen (secondary N) is 2. The second-order valence-electron chi connectivity index (χ2n) is 5.21. The van der Waals surface area contributed by atoms with Gasteiger partial charge in [-0.15, -0.1) is 0 Å². The third-order valence-electron chi connectivity index (χ3n) is 3.14. The van der Waals surface area contributed by atoms with E-state index < -0.39 is 10.0 Å². The van der Waals surface area contributed by atoms with Crippen LogP contribution in [-0.4, -0.2) is 26.9 Å². The minimum absolute atomic E-state index is 0.0471. The van der Waals surface area contributed by atoms with Crippen molar-refractivity contribution in [3.05, 3.63) is 29.3 Å². The molecule has 0 spiro atoms. The van der Waals surface area contributed by atoms with E-state index in [4.69, 9.17) is 11.6 Å². The quantitative estimate of drug-likeness (QED) is 0.803. The van der Waals surface area contributed by atoms with Crippen LogP contribution in [0, 0.1) is 5.92 Å². The summed E-state index contributed by atoms with van der Waals surface area (Å²) in [6.45, 7) is 5.98. The summed E-state index contributed by atoms with van der Waals surface area (Å²) >= 11 is 5.77.